The highest BCUT2D eigenvalue weighted by molar-refractivity contribution is 7.80. The Bertz CT molecular complexity index is 406. The van der Waals surface area contributed by atoms with Crippen LogP contribution >= 0.6 is 12.6 Å². The summed E-state index contributed by atoms with van der Waals surface area (Å²) in [5, 5.41) is 0. The smallest absolute Gasteiger partial charge is 0.254 e. The summed E-state index contributed by atoms with van der Waals surface area (Å²) in [6.45, 7) is 6.67. The Kier molecular flexibility index (Phi) is 5.00. The van der Waals surface area contributed by atoms with Crippen molar-refractivity contribution in [1.29, 1.82) is 0 Å². The Morgan fingerprint density at radius 1 is 1.47 bits per heavy atom. The van der Waals surface area contributed by atoms with Crippen LogP contribution in [0.3, 0.4) is 0 Å². The van der Waals surface area contributed by atoms with Gasteiger partial charge < -0.3 is 4.90 Å². The minimum absolute atomic E-state index is 0.0721. The highest BCUT2D eigenvalue weighted by Crippen LogP contribution is 2.16. The number of carbonyl (C=O) groups is 1. The third kappa shape index (κ3) is 3.46. The van der Waals surface area contributed by atoms with Gasteiger partial charge in [-0.1, -0.05) is 6.92 Å². The molecule has 0 radical (unpaired) electrons. The van der Waals surface area contributed by atoms with E-state index in [0.717, 1.165) is 6.42 Å². The van der Waals surface area contributed by atoms with Crippen molar-refractivity contribution < 1.29 is 9.18 Å². The number of rotatable bonds is 4. The van der Waals surface area contributed by atoms with Crippen molar-refractivity contribution in [3.05, 3.63) is 29.6 Å². The first-order valence-electron chi connectivity index (χ1n) is 5.76. The molecule has 1 rings (SSSR count). The average Bonchev–Trinajstić information content (AvgIpc) is 2.28. The summed E-state index contributed by atoms with van der Waals surface area (Å²) in [6, 6.07) is 4.39. The first kappa shape index (κ1) is 14.0. The highest BCUT2D eigenvalue weighted by Gasteiger charge is 2.18. The maximum absolute atomic E-state index is 13.1. The molecule has 0 aliphatic rings. The number of hydrogen-bond donors (Lipinski definition) is 1. The average molecular weight is 255 g/mol. The van der Waals surface area contributed by atoms with E-state index >= 15 is 0 Å². The topological polar surface area (TPSA) is 20.3 Å². The van der Waals surface area contributed by atoms with E-state index in [9.17, 15) is 9.18 Å². The zero-order valence-electron chi connectivity index (χ0n) is 10.4. The van der Waals surface area contributed by atoms with E-state index in [4.69, 9.17) is 0 Å². The minimum atomic E-state index is -0.406. The first-order chi connectivity index (χ1) is 7.97. The van der Waals surface area contributed by atoms with Crippen molar-refractivity contribution in [1.82, 2.24) is 4.90 Å². The second kappa shape index (κ2) is 6.05. The third-order valence-corrected chi connectivity index (χ3v) is 2.88. The molecule has 0 saturated carbocycles. The molecule has 0 heterocycles. The van der Waals surface area contributed by atoms with Crippen LogP contribution in [0.2, 0.25) is 0 Å². The predicted octanol–water partition coefficient (Wildman–Crippen LogP) is 3.38. The molecule has 17 heavy (non-hydrogen) atoms. The van der Waals surface area contributed by atoms with Gasteiger partial charge in [0.15, 0.2) is 0 Å². The van der Waals surface area contributed by atoms with Crippen LogP contribution in [0.5, 0.6) is 0 Å². The Labute approximate surface area is 107 Å². The molecule has 0 aliphatic heterocycles. The van der Waals surface area contributed by atoms with E-state index in [-0.39, 0.29) is 16.8 Å². The summed E-state index contributed by atoms with van der Waals surface area (Å²) in [5.74, 6) is -0.478. The molecule has 0 atom stereocenters. The van der Waals surface area contributed by atoms with E-state index in [0.29, 0.717) is 12.1 Å². The number of halogens is 1. The van der Waals surface area contributed by atoms with E-state index in [1.165, 1.54) is 18.2 Å². The summed E-state index contributed by atoms with van der Waals surface area (Å²) in [6.07, 6.45) is 0.902. The molecule has 0 unspecified atom stereocenters. The molecular weight excluding hydrogens is 237 g/mol. The molecule has 0 N–H and O–H groups in total. The zero-order chi connectivity index (χ0) is 13.0. The molecule has 1 aromatic carbocycles. The zero-order valence-corrected chi connectivity index (χ0v) is 11.3. The number of benzene rings is 1. The van der Waals surface area contributed by atoms with Gasteiger partial charge in [-0.3, -0.25) is 4.79 Å². The fourth-order valence-corrected chi connectivity index (χ4v) is 1.86. The summed E-state index contributed by atoms with van der Waals surface area (Å²) in [4.78, 5) is 14.2. The van der Waals surface area contributed by atoms with Crippen LogP contribution in [0.25, 0.3) is 0 Å². The van der Waals surface area contributed by atoms with Crippen LogP contribution in [0.15, 0.2) is 23.1 Å². The lowest BCUT2D eigenvalue weighted by Gasteiger charge is -2.26. The maximum atomic E-state index is 13.1. The van der Waals surface area contributed by atoms with Crippen molar-refractivity contribution >= 4 is 18.5 Å². The molecule has 0 aliphatic carbocycles. The summed E-state index contributed by atoms with van der Waals surface area (Å²) >= 11 is 3.99. The van der Waals surface area contributed by atoms with Crippen molar-refractivity contribution in [2.75, 3.05) is 6.54 Å². The van der Waals surface area contributed by atoms with Crippen molar-refractivity contribution in [3.63, 3.8) is 0 Å². The largest absolute Gasteiger partial charge is 0.336 e. The van der Waals surface area contributed by atoms with E-state index < -0.39 is 5.82 Å². The minimum Gasteiger partial charge on any atom is -0.336 e. The fraction of sp³-hybridized carbons (Fsp3) is 0.462. The van der Waals surface area contributed by atoms with Gasteiger partial charge >= 0.3 is 0 Å². The molecule has 1 aromatic rings. The quantitative estimate of drug-likeness (QED) is 0.818. The summed E-state index contributed by atoms with van der Waals surface area (Å²) in [5.41, 5.74) is 0.485. The molecule has 4 heteroatoms. The van der Waals surface area contributed by atoms with Crippen LogP contribution in [-0.4, -0.2) is 23.4 Å². The SMILES string of the molecule is CCCN(C(=O)c1ccc(F)c(S)c1)C(C)C. The van der Waals surface area contributed by atoms with Crippen molar-refractivity contribution in [2.45, 2.75) is 38.1 Å². The van der Waals surface area contributed by atoms with Gasteiger partial charge in [-0.05, 0) is 38.5 Å². The Morgan fingerprint density at radius 3 is 2.59 bits per heavy atom. The van der Waals surface area contributed by atoms with Crippen LogP contribution in [0.1, 0.15) is 37.6 Å². The number of thiol groups is 1. The third-order valence-electron chi connectivity index (χ3n) is 2.54. The van der Waals surface area contributed by atoms with Gasteiger partial charge in [0.05, 0.1) is 0 Å². The first-order valence-corrected chi connectivity index (χ1v) is 6.21. The Morgan fingerprint density at radius 2 is 2.12 bits per heavy atom. The van der Waals surface area contributed by atoms with Crippen LogP contribution in [0.4, 0.5) is 4.39 Å². The lowest BCUT2D eigenvalue weighted by atomic mass is 10.1. The van der Waals surface area contributed by atoms with Gasteiger partial charge in [-0.25, -0.2) is 4.39 Å². The standard InChI is InChI=1S/C13H18FNOS/c1-4-7-15(9(2)3)13(16)10-5-6-11(14)12(17)8-10/h5-6,8-9,17H,4,7H2,1-3H3. The van der Waals surface area contributed by atoms with E-state index in [1.807, 2.05) is 20.8 Å². The van der Waals surface area contributed by atoms with Crippen molar-refractivity contribution in [2.24, 2.45) is 0 Å². The van der Waals surface area contributed by atoms with Gasteiger partial charge in [0, 0.05) is 23.0 Å². The molecule has 0 aromatic heterocycles. The highest BCUT2D eigenvalue weighted by atomic mass is 32.1. The lowest BCUT2D eigenvalue weighted by molar-refractivity contribution is 0.0705. The van der Waals surface area contributed by atoms with Crippen LogP contribution in [0, 0.1) is 5.82 Å². The molecule has 1 amide bonds. The second-order valence-corrected chi connectivity index (χ2v) is 4.74. The molecule has 0 bridgehead atoms. The molecule has 94 valence electrons. The fourth-order valence-electron chi connectivity index (χ4n) is 1.65. The number of carbonyl (C=O) groups excluding carboxylic acids is 1. The summed E-state index contributed by atoms with van der Waals surface area (Å²) in [7, 11) is 0. The monoisotopic (exact) mass is 255 g/mol. The van der Waals surface area contributed by atoms with Gasteiger partial charge in [0.2, 0.25) is 0 Å². The number of hydrogen-bond acceptors (Lipinski definition) is 2. The number of amides is 1. The maximum Gasteiger partial charge on any atom is 0.254 e. The molecule has 2 nitrogen and oxygen atoms in total. The molecule has 0 spiro atoms. The summed E-state index contributed by atoms with van der Waals surface area (Å²) < 4.78 is 13.1. The molecular formula is C13H18FNOS. The van der Waals surface area contributed by atoms with Gasteiger partial charge in [-0.2, -0.15) is 0 Å². The normalized spacial score (nSPS) is 10.7. The Balaban J connectivity index is 2.97. The van der Waals surface area contributed by atoms with Crippen LogP contribution in [-0.2, 0) is 0 Å². The van der Waals surface area contributed by atoms with Gasteiger partial charge in [0.25, 0.3) is 5.91 Å². The van der Waals surface area contributed by atoms with Gasteiger partial charge in [0.1, 0.15) is 5.82 Å². The number of nitrogens with zero attached hydrogens (tertiary/aromatic N) is 1. The Hall–Kier alpha value is -1.03. The molecule has 0 fully saturated rings. The van der Waals surface area contributed by atoms with E-state index in [2.05, 4.69) is 12.6 Å². The second-order valence-electron chi connectivity index (χ2n) is 4.26. The molecule has 0 saturated heterocycles. The van der Waals surface area contributed by atoms with E-state index in [1.54, 1.807) is 4.90 Å². The predicted molar refractivity (Wildman–Crippen MR) is 70.1 cm³/mol. The lowest BCUT2D eigenvalue weighted by Crippen LogP contribution is -2.37. The van der Waals surface area contributed by atoms with Gasteiger partial charge in [-0.15, -0.1) is 12.6 Å². The van der Waals surface area contributed by atoms with Crippen LogP contribution < -0.4 is 0 Å². The van der Waals surface area contributed by atoms with Crippen molar-refractivity contribution in [3.8, 4) is 0 Å².